The number of hydrogen-bond donors (Lipinski definition) is 1. The molecule has 0 spiro atoms. The van der Waals surface area contributed by atoms with Crippen molar-refractivity contribution < 1.29 is 0 Å². The smallest absolute Gasteiger partial charge is 0.0178 e. The number of fused-ring (bicyclic) bond motifs is 1. The van der Waals surface area contributed by atoms with Crippen molar-refractivity contribution >= 4 is 40.7 Å². The molecule has 5 heteroatoms. The number of piperazine rings is 1. The Hall–Kier alpha value is 0.200. The Labute approximate surface area is 142 Å². The van der Waals surface area contributed by atoms with E-state index in [0.29, 0.717) is 5.92 Å². The number of benzene rings is 1. The zero-order valence-electron chi connectivity index (χ0n) is 11.8. The average Bonchev–Trinajstić information content (AvgIpc) is 2.40. The molecule has 20 heavy (non-hydrogen) atoms. The number of nitrogens with one attached hydrogen (secondary N) is 1. The molecule has 114 valence electrons. The van der Waals surface area contributed by atoms with Crippen LogP contribution in [0, 0.1) is 0 Å². The van der Waals surface area contributed by atoms with Crippen molar-refractivity contribution in [3.8, 4) is 0 Å². The molecule has 2 unspecified atom stereocenters. The van der Waals surface area contributed by atoms with Crippen molar-refractivity contribution in [2.75, 3.05) is 26.2 Å². The number of hydrogen-bond acceptors (Lipinski definition) is 2. The van der Waals surface area contributed by atoms with Gasteiger partial charge in [-0.25, -0.2) is 0 Å². The highest BCUT2D eigenvalue weighted by Crippen LogP contribution is 2.35. The molecule has 0 aromatic heterocycles. The van der Waals surface area contributed by atoms with E-state index < -0.39 is 0 Å². The van der Waals surface area contributed by atoms with Gasteiger partial charge in [0.15, 0.2) is 0 Å². The minimum absolute atomic E-state index is 0. The molecule has 0 amide bonds. The molecule has 0 radical (unpaired) electrons. The molecule has 0 saturated carbocycles. The van der Waals surface area contributed by atoms with E-state index in [2.05, 4.69) is 51.3 Å². The van der Waals surface area contributed by atoms with Gasteiger partial charge in [-0.05, 0) is 42.0 Å². The predicted octanol–water partition coefficient (Wildman–Crippen LogP) is 3.62. The van der Waals surface area contributed by atoms with E-state index in [1.807, 2.05) is 0 Å². The fourth-order valence-electron chi connectivity index (χ4n) is 3.51. The molecular weight excluding hydrogens is 359 g/mol. The van der Waals surface area contributed by atoms with Crippen LogP contribution in [0.2, 0.25) is 0 Å². The molecular formula is C15H23BrCl2N2. The van der Waals surface area contributed by atoms with Crippen LogP contribution in [0.15, 0.2) is 22.7 Å². The van der Waals surface area contributed by atoms with Crippen molar-refractivity contribution in [2.45, 2.75) is 31.7 Å². The Balaban J connectivity index is 0.000001000. The molecule has 1 N–H and O–H groups in total. The summed E-state index contributed by atoms with van der Waals surface area (Å²) in [5, 5.41) is 3.45. The number of halogens is 3. The monoisotopic (exact) mass is 380 g/mol. The lowest BCUT2D eigenvalue weighted by Crippen LogP contribution is -2.51. The van der Waals surface area contributed by atoms with E-state index in [-0.39, 0.29) is 24.8 Å². The van der Waals surface area contributed by atoms with Crippen LogP contribution >= 0.6 is 40.7 Å². The van der Waals surface area contributed by atoms with Gasteiger partial charge in [-0.1, -0.05) is 28.9 Å². The van der Waals surface area contributed by atoms with E-state index in [9.17, 15) is 0 Å². The summed E-state index contributed by atoms with van der Waals surface area (Å²) in [5.74, 6) is 0.667. The average molecular weight is 382 g/mol. The van der Waals surface area contributed by atoms with Crippen LogP contribution in [0.3, 0.4) is 0 Å². The van der Waals surface area contributed by atoms with Gasteiger partial charge in [-0.2, -0.15) is 0 Å². The van der Waals surface area contributed by atoms with Gasteiger partial charge in [0.1, 0.15) is 0 Å². The Morgan fingerprint density at radius 3 is 2.60 bits per heavy atom. The molecule has 1 aromatic rings. The van der Waals surface area contributed by atoms with Gasteiger partial charge in [0.05, 0.1) is 0 Å². The van der Waals surface area contributed by atoms with Crippen LogP contribution < -0.4 is 5.32 Å². The number of aryl methyl sites for hydroxylation is 1. The lowest BCUT2D eigenvalue weighted by molar-refractivity contribution is 0.141. The molecule has 1 aliphatic carbocycles. The van der Waals surface area contributed by atoms with Crippen molar-refractivity contribution in [3.05, 3.63) is 33.8 Å². The maximum absolute atomic E-state index is 3.58. The second-order valence-corrected chi connectivity index (χ2v) is 6.44. The summed E-state index contributed by atoms with van der Waals surface area (Å²) in [6.07, 6.45) is 2.54. The second-order valence-electron chi connectivity index (χ2n) is 5.52. The lowest BCUT2D eigenvalue weighted by atomic mass is 9.79. The lowest BCUT2D eigenvalue weighted by Gasteiger charge is -2.41. The van der Waals surface area contributed by atoms with E-state index in [0.717, 1.165) is 19.1 Å². The highest BCUT2D eigenvalue weighted by atomic mass is 79.9. The minimum atomic E-state index is 0. The first kappa shape index (κ1) is 18.2. The van der Waals surface area contributed by atoms with E-state index in [1.54, 1.807) is 11.1 Å². The first-order valence-corrected chi connectivity index (χ1v) is 7.78. The van der Waals surface area contributed by atoms with E-state index in [1.165, 1.54) is 30.4 Å². The van der Waals surface area contributed by atoms with E-state index >= 15 is 0 Å². The first-order chi connectivity index (χ1) is 8.75. The third-order valence-electron chi connectivity index (χ3n) is 4.50. The van der Waals surface area contributed by atoms with Crippen LogP contribution in [0.25, 0.3) is 0 Å². The Bertz CT molecular complexity index is 436. The summed E-state index contributed by atoms with van der Waals surface area (Å²) < 4.78 is 1.22. The third-order valence-corrected chi connectivity index (χ3v) is 5.00. The fraction of sp³-hybridized carbons (Fsp3) is 0.600. The maximum atomic E-state index is 3.58. The van der Waals surface area contributed by atoms with Gasteiger partial charge >= 0.3 is 0 Å². The minimum Gasteiger partial charge on any atom is -0.314 e. The van der Waals surface area contributed by atoms with Gasteiger partial charge in [-0.15, -0.1) is 24.8 Å². The van der Waals surface area contributed by atoms with Gasteiger partial charge < -0.3 is 5.32 Å². The topological polar surface area (TPSA) is 15.3 Å². The molecule has 3 rings (SSSR count). The molecule has 1 aliphatic heterocycles. The van der Waals surface area contributed by atoms with Gasteiger partial charge in [-0.3, -0.25) is 4.90 Å². The molecule has 0 bridgehead atoms. The summed E-state index contributed by atoms with van der Waals surface area (Å²) in [6.45, 7) is 7.12. The Morgan fingerprint density at radius 1 is 1.20 bits per heavy atom. The second kappa shape index (κ2) is 8.00. The van der Waals surface area contributed by atoms with Crippen molar-refractivity contribution in [1.29, 1.82) is 0 Å². The Kier molecular flexibility index (Phi) is 7.30. The molecule has 1 fully saturated rings. The summed E-state index contributed by atoms with van der Waals surface area (Å²) >= 11 is 3.58. The normalized spacial score (nSPS) is 26.1. The Morgan fingerprint density at radius 2 is 1.90 bits per heavy atom. The van der Waals surface area contributed by atoms with Crippen LogP contribution in [0.4, 0.5) is 0 Å². The standard InChI is InChI=1S/C15H21BrN2.2ClH/c1-11-14-4-3-13(16)10-12(14)2-5-15(11)18-8-6-17-7-9-18;;/h3-4,10-11,15,17H,2,5-9H2,1H3;2*1H. The molecule has 1 saturated heterocycles. The van der Waals surface area contributed by atoms with Crippen molar-refractivity contribution in [3.63, 3.8) is 0 Å². The van der Waals surface area contributed by atoms with Gasteiger partial charge in [0.25, 0.3) is 0 Å². The quantitative estimate of drug-likeness (QED) is 0.799. The zero-order valence-corrected chi connectivity index (χ0v) is 15.0. The molecule has 1 aromatic carbocycles. The van der Waals surface area contributed by atoms with Crippen molar-refractivity contribution in [1.82, 2.24) is 10.2 Å². The highest BCUT2D eigenvalue weighted by Gasteiger charge is 2.31. The largest absolute Gasteiger partial charge is 0.314 e. The molecule has 2 atom stereocenters. The maximum Gasteiger partial charge on any atom is 0.0178 e. The molecule has 2 nitrogen and oxygen atoms in total. The van der Waals surface area contributed by atoms with Gasteiger partial charge in [0.2, 0.25) is 0 Å². The van der Waals surface area contributed by atoms with E-state index in [4.69, 9.17) is 0 Å². The summed E-state index contributed by atoms with van der Waals surface area (Å²) in [6, 6.07) is 7.55. The summed E-state index contributed by atoms with van der Waals surface area (Å²) in [7, 11) is 0. The molecule has 2 aliphatic rings. The van der Waals surface area contributed by atoms with Crippen LogP contribution in [0.5, 0.6) is 0 Å². The molecule has 1 heterocycles. The predicted molar refractivity (Wildman–Crippen MR) is 93.6 cm³/mol. The van der Waals surface area contributed by atoms with Crippen LogP contribution in [-0.4, -0.2) is 37.1 Å². The van der Waals surface area contributed by atoms with Crippen LogP contribution in [0.1, 0.15) is 30.4 Å². The van der Waals surface area contributed by atoms with Crippen molar-refractivity contribution in [2.24, 2.45) is 0 Å². The highest BCUT2D eigenvalue weighted by molar-refractivity contribution is 9.10. The summed E-state index contributed by atoms with van der Waals surface area (Å²) in [4.78, 5) is 2.69. The van der Waals surface area contributed by atoms with Crippen LogP contribution in [-0.2, 0) is 6.42 Å². The van der Waals surface area contributed by atoms with Gasteiger partial charge in [0, 0.05) is 36.7 Å². The third kappa shape index (κ3) is 3.69. The SMILES string of the molecule is CC1c2ccc(Br)cc2CCC1N1CCNCC1.Cl.Cl. The number of nitrogens with zero attached hydrogens (tertiary/aromatic N) is 1. The number of rotatable bonds is 1. The zero-order chi connectivity index (χ0) is 12.5. The fourth-order valence-corrected chi connectivity index (χ4v) is 3.92. The first-order valence-electron chi connectivity index (χ1n) is 6.99. The summed E-state index contributed by atoms with van der Waals surface area (Å²) in [5.41, 5.74) is 3.11.